The van der Waals surface area contributed by atoms with Crippen LogP contribution < -0.4 is 0 Å². The maximum absolute atomic E-state index is 12.7. The van der Waals surface area contributed by atoms with E-state index in [0.29, 0.717) is 6.42 Å². The lowest BCUT2D eigenvalue weighted by Gasteiger charge is -2.04. The summed E-state index contributed by atoms with van der Waals surface area (Å²) in [6.07, 6.45) is -1.34. The SMILES string of the molecule is O=C(O)C(F)CCc1ccccc1Br. The van der Waals surface area contributed by atoms with E-state index in [1.165, 1.54) is 0 Å². The van der Waals surface area contributed by atoms with Gasteiger partial charge in [-0.3, -0.25) is 0 Å². The van der Waals surface area contributed by atoms with E-state index in [0.717, 1.165) is 10.0 Å². The zero-order chi connectivity index (χ0) is 10.6. The van der Waals surface area contributed by atoms with Crippen LogP contribution in [-0.4, -0.2) is 17.2 Å². The Labute approximate surface area is 89.9 Å². The Kier molecular flexibility index (Phi) is 4.07. The molecule has 0 fully saturated rings. The van der Waals surface area contributed by atoms with Gasteiger partial charge >= 0.3 is 5.97 Å². The van der Waals surface area contributed by atoms with Crippen LogP contribution in [0.4, 0.5) is 4.39 Å². The fourth-order valence-electron chi connectivity index (χ4n) is 1.11. The largest absolute Gasteiger partial charge is 0.479 e. The van der Waals surface area contributed by atoms with E-state index in [4.69, 9.17) is 5.11 Å². The van der Waals surface area contributed by atoms with Gasteiger partial charge in [0.25, 0.3) is 0 Å². The fourth-order valence-corrected chi connectivity index (χ4v) is 1.59. The van der Waals surface area contributed by atoms with Gasteiger partial charge in [-0.15, -0.1) is 0 Å². The summed E-state index contributed by atoms with van der Waals surface area (Å²) >= 11 is 3.31. The van der Waals surface area contributed by atoms with Crippen molar-refractivity contribution in [2.45, 2.75) is 19.0 Å². The topological polar surface area (TPSA) is 37.3 Å². The second-order valence-electron chi connectivity index (χ2n) is 2.94. The van der Waals surface area contributed by atoms with Crippen LogP contribution in [-0.2, 0) is 11.2 Å². The van der Waals surface area contributed by atoms with Gasteiger partial charge in [-0.1, -0.05) is 34.1 Å². The average molecular weight is 261 g/mol. The lowest BCUT2D eigenvalue weighted by Crippen LogP contribution is -2.15. The maximum Gasteiger partial charge on any atom is 0.338 e. The van der Waals surface area contributed by atoms with E-state index >= 15 is 0 Å². The molecule has 1 rings (SSSR count). The van der Waals surface area contributed by atoms with Crippen LogP contribution in [0.25, 0.3) is 0 Å². The van der Waals surface area contributed by atoms with Crippen LogP contribution in [0.3, 0.4) is 0 Å². The zero-order valence-electron chi connectivity index (χ0n) is 7.41. The number of halogens is 2. The van der Waals surface area contributed by atoms with Crippen molar-refractivity contribution in [1.29, 1.82) is 0 Å². The summed E-state index contributed by atoms with van der Waals surface area (Å²) in [7, 11) is 0. The third kappa shape index (κ3) is 3.10. The minimum absolute atomic E-state index is 0.0119. The number of aliphatic carboxylic acids is 1. The summed E-state index contributed by atoms with van der Waals surface area (Å²) < 4.78 is 13.6. The molecule has 2 nitrogen and oxygen atoms in total. The molecule has 0 aliphatic rings. The van der Waals surface area contributed by atoms with E-state index in [-0.39, 0.29) is 6.42 Å². The molecule has 76 valence electrons. The number of hydrogen-bond acceptors (Lipinski definition) is 1. The van der Waals surface area contributed by atoms with E-state index in [9.17, 15) is 9.18 Å². The first-order valence-corrected chi connectivity index (χ1v) is 5.01. The van der Waals surface area contributed by atoms with Crippen molar-refractivity contribution in [3.05, 3.63) is 34.3 Å². The maximum atomic E-state index is 12.7. The zero-order valence-corrected chi connectivity index (χ0v) is 9.00. The first-order chi connectivity index (χ1) is 6.61. The summed E-state index contributed by atoms with van der Waals surface area (Å²) in [6, 6.07) is 7.40. The van der Waals surface area contributed by atoms with Crippen molar-refractivity contribution < 1.29 is 14.3 Å². The van der Waals surface area contributed by atoms with Gasteiger partial charge in [0.1, 0.15) is 0 Å². The van der Waals surface area contributed by atoms with Gasteiger partial charge in [-0.2, -0.15) is 0 Å². The third-order valence-electron chi connectivity index (χ3n) is 1.89. The van der Waals surface area contributed by atoms with Gasteiger partial charge in [-0.25, -0.2) is 9.18 Å². The molecule has 0 saturated carbocycles. The Hall–Kier alpha value is -0.900. The van der Waals surface area contributed by atoms with Crippen LogP contribution in [0, 0.1) is 0 Å². The van der Waals surface area contributed by atoms with Crippen LogP contribution in [0.15, 0.2) is 28.7 Å². The fraction of sp³-hybridized carbons (Fsp3) is 0.300. The number of rotatable bonds is 4. The molecule has 1 unspecified atom stereocenters. The molecular weight excluding hydrogens is 251 g/mol. The highest BCUT2D eigenvalue weighted by Gasteiger charge is 2.15. The lowest BCUT2D eigenvalue weighted by molar-refractivity contribution is -0.142. The monoisotopic (exact) mass is 260 g/mol. The number of carboxylic acid groups (broad SMARTS) is 1. The Balaban J connectivity index is 2.54. The second-order valence-corrected chi connectivity index (χ2v) is 3.79. The van der Waals surface area contributed by atoms with Crippen molar-refractivity contribution in [2.75, 3.05) is 0 Å². The van der Waals surface area contributed by atoms with Crippen molar-refractivity contribution in [2.24, 2.45) is 0 Å². The molecule has 1 atom stereocenters. The number of hydrogen-bond donors (Lipinski definition) is 1. The standard InChI is InChI=1S/C10H10BrFO2/c11-8-4-2-1-3-7(8)5-6-9(12)10(13)14/h1-4,9H,5-6H2,(H,13,14). The lowest BCUT2D eigenvalue weighted by atomic mass is 10.1. The number of aryl methyl sites for hydroxylation is 1. The van der Waals surface area contributed by atoms with E-state index in [2.05, 4.69) is 15.9 Å². The Morgan fingerprint density at radius 1 is 1.50 bits per heavy atom. The molecule has 14 heavy (non-hydrogen) atoms. The number of benzene rings is 1. The van der Waals surface area contributed by atoms with Crippen molar-refractivity contribution >= 4 is 21.9 Å². The van der Waals surface area contributed by atoms with Gasteiger partial charge in [0, 0.05) is 4.47 Å². The first-order valence-electron chi connectivity index (χ1n) is 4.21. The minimum atomic E-state index is -1.78. The molecule has 4 heteroatoms. The Morgan fingerprint density at radius 2 is 2.14 bits per heavy atom. The molecule has 0 heterocycles. The average Bonchev–Trinajstić information content (AvgIpc) is 2.16. The molecule has 0 radical (unpaired) electrons. The first kappa shape index (κ1) is 11.2. The molecule has 0 aromatic heterocycles. The number of alkyl halides is 1. The molecule has 0 aliphatic carbocycles. The smallest absolute Gasteiger partial charge is 0.338 e. The molecule has 0 bridgehead atoms. The Morgan fingerprint density at radius 3 is 2.71 bits per heavy atom. The quantitative estimate of drug-likeness (QED) is 0.904. The van der Waals surface area contributed by atoms with Crippen LogP contribution in [0.2, 0.25) is 0 Å². The van der Waals surface area contributed by atoms with E-state index in [1.54, 1.807) is 0 Å². The molecule has 0 saturated heterocycles. The van der Waals surface area contributed by atoms with Crippen LogP contribution >= 0.6 is 15.9 Å². The highest BCUT2D eigenvalue weighted by Crippen LogP contribution is 2.18. The molecule has 0 aliphatic heterocycles. The van der Waals surface area contributed by atoms with Gasteiger partial charge in [0.15, 0.2) is 6.17 Å². The van der Waals surface area contributed by atoms with E-state index in [1.807, 2.05) is 24.3 Å². The minimum Gasteiger partial charge on any atom is -0.479 e. The number of carboxylic acids is 1. The molecular formula is C10H10BrFO2. The Bertz CT molecular complexity index is 328. The van der Waals surface area contributed by atoms with Gasteiger partial charge in [0.2, 0.25) is 0 Å². The van der Waals surface area contributed by atoms with Gasteiger partial charge in [0.05, 0.1) is 0 Å². The molecule has 1 N–H and O–H groups in total. The summed E-state index contributed by atoms with van der Waals surface area (Å²) in [5.74, 6) is -1.39. The van der Waals surface area contributed by atoms with Crippen molar-refractivity contribution in [3.8, 4) is 0 Å². The van der Waals surface area contributed by atoms with Crippen molar-refractivity contribution in [1.82, 2.24) is 0 Å². The van der Waals surface area contributed by atoms with Gasteiger partial charge < -0.3 is 5.11 Å². The van der Waals surface area contributed by atoms with Crippen molar-refractivity contribution in [3.63, 3.8) is 0 Å². The highest BCUT2D eigenvalue weighted by molar-refractivity contribution is 9.10. The summed E-state index contributed by atoms with van der Waals surface area (Å²) in [5, 5.41) is 8.34. The highest BCUT2D eigenvalue weighted by atomic mass is 79.9. The molecule has 1 aromatic rings. The predicted molar refractivity (Wildman–Crippen MR) is 55.0 cm³/mol. The van der Waals surface area contributed by atoms with Crippen LogP contribution in [0.1, 0.15) is 12.0 Å². The van der Waals surface area contributed by atoms with Crippen LogP contribution in [0.5, 0.6) is 0 Å². The normalized spacial score (nSPS) is 12.4. The van der Waals surface area contributed by atoms with Gasteiger partial charge in [-0.05, 0) is 24.5 Å². The molecule has 0 spiro atoms. The number of carbonyl (C=O) groups is 1. The second kappa shape index (κ2) is 5.10. The third-order valence-corrected chi connectivity index (χ3v) is 2.67. The predicted octanol–water partition coefficient (Wildman–Crippen LogP) is 2.80. The summed E-state index contributed by atoms with van der Waals surface area (Å²) in [6.45, 7) is 0. The van der Waals surface area contributed by atoms with E-state index < -0.39 is 12.1 Å². The molecule has 0 amide bonds. The summed E-state index contributed by atoms with van der Waals surface area (Å²) in [4.78, 5) is 10.2. The molecule has 1 aromatic carbocycles. The summed E-state index contributed by atoms with van der Waals surface area (Å²) in [5.41, 5.74) is 0.927.